The molecule has 8 heteroatoms. The van der Waals surface area contributed by atoms with Crippen molar-refractivity contribution in [2.75, 3.05) is 26.7 Å². The minimum atomic E-state index is -4.46. The first-order valence-corrected chi connectivity index (χ1v) is 6.82. The minimum Gasteiger partial charge on any atom is -0.345 e. The number of nitrogens with one attached hydrogen (secondary N) is 1. The number of nitrogens with zero attached hydrogens (tertiary/aromatic N) is 1. The third-order valence-corrected chi connectivity index (χ3v) is 2.89. The van der Waals surface area contributed by atoms with Crippen molar-refractivity contribution in [3.05, 3.63) is 0 Å². The Morgan fingerprint density at radius 3 is 2.29 bits per heavy atom. The Hall–Kier alpha value is -1.31. The summed E-state index contributed by atoms with van der Waals surface area (Å²) < 4.78 is 35.8. The molecule has 0 saturated heterocycles. The van der Waals surface area contributed by atoms with Crippen LogP contribution >= 0.6 is 0 Å². The van der Waals surface area contributed by atoms with Crippen LogP contribution in [0.15, 0.2) is 0 Å². The fourth-order valence-corrected chi connectivity index (χ4v) is 1.89. The number of amides is 2. The van der Waals surface area contributed by atoms with E-state index in [1.165, 1.54) is 7.05 Å². The van der Waals surface area contributed by atoms with Crippen molar-refractivity contribution in [1.29, 1.82) is 0 Å². The van der Waals surface area contributed by atoms with Crippen LogP contribution in [0.1, 0.15) is 26.7 Å². The predicted octanol–water partition coefficient (Wildman–Crippen LogP) is 1.13. The summed E-state index contributed by atoms with van der Waals surface area (Å²) in [6.45, 7) is 2.60. The number of hydrogen-bond donors (Lipinski definition) is 2. The van der Waals surface area contributed by atoms with Crippen molar-refractivity contribution in [2.45, 2.75) is 32.9 Å². The first-order chi connectivity index (χ1) is 9.55. The number of carbonyl (C=O) groups excluding carboxylic acids is 2. The van der Waals surface area contributed by atoms with Gasteiger partial charge in [-0.25, -0.2) is 0 Å². The highest BCUT2D eigenvalue weighted by molar-refractivity contribution is 5.84. The van der Waals surface area contributed by atoms with Crippen molar-refractivity contribution in [3.63, 3.8) is 0 Å². The Bertz CT molecular complexity index is 346. The summed E-state index contributed by atoms with van der Waals surface area (Å²) in [6, 6.07) is 0. The van der Waals surface area contributed by atoms with E-state index >= 15 is 0 Å². The Kier molecular flexibility index (Phi) is 8.31. The van der Waals surface area contributed by atoms with Gasteiger partial charge >= 0.3 is 6.18 Å². The van der Waals surface area contributed by atoms with Gasteiger partial charge in [-0.3, -0.25) is 9.59 Å². The van der Waals surface area contributed by atoms with Crippen LogP contribution in [0, 0.1) is 11.8 Å². The zero-order valence-corrected chi connectivity index (χ0v) is 12.7. The lowest BCUT2D eigenvalue weighted by atomic mass is 9.94. The summed E-state index contributed by atoms with van der Waals surface area (Å²) in [5.41, 5.74) is 5.59. The Morgan fingerprint density at radius 1 is 1.29 bits per heavy atom. The molecule has 3 N–H and O–H groups in total. The Morgan fingerprint density at radius 2 is 1.86 bits per heavy atom. The fourth-order valence-electron chi connectivity index (χ4n) is 1.89. The minimum absolute atomic E-state index is 0.0122. The van der Waals surface area contributed by atoms with Crippen molar-refractivity contribution in [2.24, 2.45) is 17.6 Å². The van der Waals surface area contributed by atoms with E-state index < -0.39 is 25.2 Å². The second kappa shape index (κ2) is 8.86. The molecule has 2 amide bonds. The monoisotopic (exact) mass is 311 g/mol. The molecule has 0 aromatic carbocycles. The van der Waals surface area contributed by atoms with E-state index in [4.69, 9.17) is 5.73 Å². The standard InChI is InChI=1S/C13H24F3N3O2/c1-9(2)4-10(6-17)5-12(21)19(3)7-11(20)18-8-13(14,15)16/h9-10H,4-8,17H2,1-3H3,(H,18,20)/t10-/m0/s1. The second-order valence-electron chi connectivity index (χ2n) is 5.58. The quantitative estimate of drug-likeness (QED) is 0.706. The molecule has 0 bridgehead atoms. The third kappa shape index (κ3) is 10.1. The summed E-state index contributed by atoms with van der Waals surface area (Å²) in [7, 11) is 1.39. The van der Waals surface area contributed by atoms with Gasteiger partial charge in [-0.2, -0.15) is 13.2 Å². The molecule has 124 valence electrons. The van der Waals surface area contributed by atoms with Gasteiger partial charge in [0.05, 0.1) is 6.54 Å². The molecule has 0 aromatic rings. The highest BCUT2D eigenvalue weighted by Crippen LogP contribution is 2.15. The molecular formula is C13H24F3N3O2. The maximum Gasteiger partial charge on any atom is 0.405 e. The van der Waals surface area contributed by atoms with E-state index in [0.717, 1.165) is 11.3 Å². The number of carbonyl (C=O) groups is 2. The lowest BCUT2D eigenvalue weighted by Crippen LogP contribution is -2.42. The smallest absolute Gasteiger partial charge is 0.345 e. The normalized spacial score (nSPS) is 13.1. The van der Waals surface area contributed by atoms with Gasteiger partial charge in [0.15, 0.2) is 0 Å². The summed E-state index contributed by atoms with van der Waals surface area (Å²) in [6.07, 6.45) is -3.48. The molecule has 0 aromatic heterocycles. The van der Waals surface area contributed by atoms with E-state index in [1.54, 1.807) is 5.32 Å². The number of halogens is 3. The average molecular weight is 311 g/mol. The van der Waals surface area contributed by atoms with E-state index in [1.807, 2.05) is 13.8 Å². The molecule has 21 heavy (non-hydrogen) atoms. The topological polar surface area (TPSA) is 75.4 Å². The molecule has 0 rings (SSSR count). The van der Waals surface area contributed by atoms with E-state index in [9.17, 15) is 22.8 Å². The number of likely N-dealkylation sites (N-methyl/N-ethyl adjacent to an activating group) is 1. The van der Waals surface area contributed by atoms with Gasteiger partial charge in [0.25, 0.3) is 0 Å². The number of alkyl halides is 3. The molecule has 0 saturated carbocycles. The maximum atomic E-state index is 11.9. The van der Waals surface area contributed by atoms with E-state index in [-0.39, 0.29) is 18.2 Å². The molecule has 0 aliphatic rings. The Balaban J connectivity index is 4.22. The molecule has 0 aliphatic heterocycles. The summed E-state index contributed by atoms with van der Waals surface area (Å²) in [5, 5.41) is 1.73. The molecule has 0 spiro atoms. The number of rotatable bonds is 8. The number of nitrogens with two attached hydrogens (primary N) is 1. The summed E-state index contributed by atoms with van der Waals surface area (Å²) >= 11 is 0. The van der Waals surface area contributed by atoms with Crippen molar-refractivity contribution >= 4 is 11.8 Å². The molecule has 0 radical (unpaired) electrons. The van der Waals surface area contributed by atoms with Gasteiger partial charge in [0, 0.05) is 13.5 Å². The SMILES string of the molecule is CC(C)C[C@H](CN)CC(=O)N(C)CC(=O)NCC(F)(F)F. The summed E-state index contributed by atoms with van der Waals surface area (Å²) in [4.78, 5) is 24.3. The molecule has 5 nitrogen and oxygen atoms in total. The molecule has 0 heterocycles. The largest absolute Gasteiger partial charge is 0.405 e. The van der Waals surface area contributed by atoms with Gasteiger partial charge in [-0.1, -0.05) is 13.8 Å². The van der Waals surface area contributed by atoms with Crippen LogP contribution in [0.3, 0.4) is 0 Å². The first kappa shape index (κ1) is 19.7. The van der Waals surface area contributed by atoms with Crippen molar-refractivity contribution in [1.82, 2.24) is 10.2 Å². The van der Waals surface area contributed by atoms with Crippen LogP contribution in [0.2, 0.25) is 0 Å². The highest BCUT2D eigenvalue weighted by atomic mass is 19.4. The molecule has 1 atom stereocenters. The van der Waals surface area contributed by atoms with Crippen LogP contribution in [0.25, 0.3) is 0 Å². The van der Waals surface area contributed by atoms with Gasteiger partial charge in [-0.15, -0.1) is 0 Å². The van der Waals surface area contributed by atoms with E-state index in [0.29, 0.717) is 12.5 Å². The molecule has 0 aliphatic carbocycles. The lowest BCUT2D eigenvalue weighted by Gasteiger charge is -2.21. The first-order valence-electron chi connectivity index (χ1n) is 6.82. The van der Waals surface area contributed by atoms with Gasteiger partial charge in [0.1, 0.15) is 6.54 Å². The fraction of sp³-hybridized carbons (Fsp3) is 0.846. The van der Waals surface area contributed by atoms with Crippen molar-refractivity contribution < 1.29 is 22.8 Å². The van der Waals surface area contributed by atoms with Gasteiger partial charge in [-0.05, 0) is 24.8 Å². The molecule has 0 unspecified atom stereocenters. The number of hydrogen-bond acceptors (Lipinski definition) is 3. The zero-order chi connectivity index (χ0) is 16.6. The van der Waals surface area contributed by atoms with Crippen LogP contribution in [0.5, 0.6) is 0 Å². The lowest BCUT2D eigenvalue weighted by molar-refractivity contribution is -0.141. The highest BCUT2D eigenvalue weighted by Gasteiger charge is 2.28. The average Bonchev–Trinajstić information content (AvgIpc) is 2.33. The van der Waals surface area contributed by atoms with Gasteiger partial charge in [0.2, 0.25) is 11.8 Å². The summed E-state index contributed by atoms with van der Waals surface area (Å²) in [5.74, 6) is -0.727. The van der Waals surface area contributed by atoms with E-state index in [2.05, 4.69) is 0 Å². The molecular weight excluding hydrogens is 287 g/mol. The van der Waals surface area contributed by atoms with Gasteiger partial charge < -0.3 is 16.0 Å². The Labute approximate surface area is 123 Å². The maximum absolute atomic E-state index is 11.9. The van der Waals surface area contributed by atoms with Crippen LogP contribution in [0.4, 0.5) is 13.2 Å². The van der Waals surface area contributed by atoms with Crippen LogP contribution in [-0.2, 0) is 9.59 Å². The van der Waals surface area contributed by atoms with Crippen LogP contribution in [-0.4, -0.2) is 49.6 Å². The molecule has 0 fully saturated rings. The van der Waals surface area contributed by atoms with Crippen LogP contribution < -0.4 is 11.1 Å². The third-order valence-electron chi connectivity index (χ3n) is 2.89. The zero-order valence-electron chi connectivity index (χ0n) is 12.7. The predicted molar refractivity (Wildman–Crippen MR) is 73.3 cm³/mol. The second-order valence-corrected chi connectivity index (χ2v) is 5.58. The van der Waals surface area contributed by atoms with Crippen molar-refractivity contribution in [3.8, 4) is 0 Å².